The first kappa shape index (κ1) is 12.0. The molecule has 15 heavy (non-hydrogen) atoms. The lowest BCUT2D eigenvalue weighted by Crippen LogP contribution is -2.18. The summed E-state index contributed by atoms with van der Waals surface area (Å²) in [5, 5.41) is 3.73. The van der Waals surface area contributed by atoms with Gasteiger partial charge in [-0.25, -0.2) is 0 Å². The van der Waals surface area contributed by atoms with Crippen molar-refractivity contribution in [2.24, 2.45) is 0 Å². The van der Waals surface area contributed by atoms with Crippen molar-refractivity contribution in [1.82, 2.24) is 5.32 Å². The maximum Gasteiger partial charge on any atom is 0.164 e. The number of rotatable bonds is 6. The highest BCUT2D eigenvalue weighted by Gasteiger charge is 2.04. The summed E-state index contributed by atoms with van der Waals surface area (Å²) in [6.07, 6.45) is 2.27. The van der Waals surface area contributed by atoms with Gasteiger partial charge in [0.2, 0.25) is 0 Å². The van der Waals surface area contributed by atoms with Gasteiger partial charge < -0.3 is 5.32 Å². The van der Waals surface area contributed by atoms with Gasteiger partial charge in [0, 0.05) is 30.1 Å². The minimum Gasteiger partial charge on any atom is -0.313 e. The van der Waals surface area contributed by atoms with Gasteiger partial charge >= 0.3 is 0 Å². The van der Waals surface area contributed by atoms with E-state index >= 15 is 0 Å². The van der Waals surface area contributed by atoms with Gasteiger partial charge in [-0.1, -0.05) is 17.7 Å². The molecule has 1 aromatic rings. The fourth-order valence-corrected chi connectivity index (χ4v) is 1.31. The lowest BCUT2D eigenvalue weighted by atomic mass is 10.1. The molecule has 1 N–H and O–H groups in total. The Morgan fingerprint density at radius 2 is 2.07 bits per heavy atom. The summed E-state index contributed by atoms with van der Waals surface area (Å²) < 4.78 is 0. The third kappa shape index (κ3) is 4.28. The first-order valence-corrected chi connectivity index (χ1v) is 5.22. The Balaban J connectivity index is 2.40. The van der Waals surface area contributed by atoms with Crippen LogP contribution in [0.4, 0.5) is 0 Å². The van der Waals surface area contributed by atoms with Gasteiger partial charge in [0.25, 0.3) is 0 Å². The number of carbonyl (C=O) groups excluding carboxylic acids is 1. The normalized spacial score (nSPS) is 9.93. The van der Waals surface area contributed by atoms with Gasteiger partial charge in [0.15, 0.2) is 5.78 Å². The topological polar surface area (TPSA) is 29.1 Å². The smallest absolute Gasteiger partial charge is 0.164 e. The van der Waals surface area contributed by atoms with Crippen molar-refractivity contribution < 1.29 is 4.79 Å². The number of nitrogens with one attached hydrogen (secondary N) is 1. The average Bonchev–Trinajstić information content (AvgIpc) is 2.25. The van der Waals surface area contributed by atoms with E-state index in [4.69, 9.17) is 11.6 Å². The average molecular weight is 224 g/mol. The molecule has 0 atom stereocenters. The molecular formula is C12H14ClNO. The molecule has 1 aromatic carbocycles. The van der Waals surface area contributed by atoms with E-state index in [1.807, 2.05) is 0 Å². The second-order valence-electron chi connectivity index (χ2n) is 3.17. The van der Waals surface area contributed by atoms with Crippen LogP contribution in [0.2, 0.25) is 5.02 Å². The molecule has 0 fully saturated rings. The molecule has 0 spiro atoms. The molecular weight excluding hydrogens is 210 g/mol. The van der Waals surface area contributed by atoms with Crippen molar-refractivity contribution in [3.05, 3.63) is 47.5 Å². The van der Waals surface area contributed by atoms with Crippen molar-refractivity contribution >= 4 is 17.4 Å². The molecule has 3 heteroatoms. The van der Waals surface area contributed by atoms with Gasteiger partial charge in [0.05, 0.1) is 0 Å². The minimum atomic E-state index is 0.128. The van der Waals surface area contributed by atoms with Crippen LogP contribution >= 0.6 is 11.6 Å². The van der Waals surface area contributed by atoms with Crippen molar-refractivity contribution in [2.75, 3.05) is 13.1 Å². The number of ketones is 1. The van der Waals surface area contributed by atoms with Crippen LogP contribution in [0.1, 0.15) is 16.8 Å². The molecule has 0 heterocycles. The molecule has 0 aliphatic rings. The number of halogens is 1. The molecule has 0 bridgehead atoms. The molecule has 0 aliphatic heterocycles. The van der Waals surface area contributed by atoms with Crippen LogP contribution in [0.25, 0.3) is 0 Å². The fourth-order valence-electron chi connectivity index (χ4n) is 1.19. The Bertz CT molecular complexity index is 332. The summed E-state index contributed by atoms with van der Waals surface area (Å²) in [5.41, 5.74) is 0.708. The summed E-state index contributed by atoms with van der Waals surface area (Å²) in [6, 6.07) is 6.95. The zero-order chi connectivity index (χ0) is 11.1. The van der Waals surface area contributed by atoms with Crippen LogP contribution < -0.4 is 5.32 Å². The van der Waals surface area contributed by atoms with Gasteiger partial charge in [-0.05, 0) is 24.3 Å². The van der Waals surface area contributed by atoms with Crippen LogP contribution in [0, 0.1) is 0 Å². The minimum absolute atomic E-state index is 0.128. The van der Waals surface area contributed by atoms with Crippen LogP contribution in [0.15, 0.2) is 36.9 Å². The maximum atomic E-state index is 11.6. The van der Waals surface area contributed by atoms with Crippen molar-refractivity contribution in [3.63, 3.8) is 0 Å². The SMILES string of the molecule is C=CCNCCC(=O)c1ccc(Cl)cc1. The Hall–Kier alpha value is -1.12. The summed E-state index contributed by atoms with van der Waals surface area (Å²) in [4.78, 5) is 11.6. The Morgan fingerprint density at radius 1 is 1.40 bits per heavy atom. The van der Waals surface area contributed by atoms with E-state index in [1.54, 1.807) is 30.3 Å². The Labute approximate surface area is 94.9 Å². The second kappa shape index (κ2) is 6.38. The van der Waals surface area contributed by atoms with E-state index in [0.717, 1.165) is 6.54 Å². The van der Waals surface area contributed by atoms with E-state index in [2.05, 4.69) is 11.9 Å². The van der Waals surface area contributed by atoms with Gasteiger partial charge in [-0.3, -0.25) is 4.79 Å². The van der Waals surface area contributed by atoms with E-state index in [-0.39, 0.29) is 5.78 Å². The zero-order valence-electron chi connectivity index (χ0n) is 8.50. The van der Waals surface area contributed by atoms with E-state index in [0.29, 0.717) is 23.6 Å². The standard InChI is InChI=1S/C12H14ClNO/c1-2-8-14-9-7-12(15)10-3-5-11(13)6-4-10/h2-6,14H,1,7-9H2. The first-order valence-electron chi connectivity index (χ1n) is 4.84. The molecule has 0 aromatic heterocycles. The molecule has 0 saturated heterocycles. The summed E-state index contributed by atoms with van der Waals surface area (Å²) in [6.45, 7) is 4.99. The summed E-state index contributed by atoms with van der Waals surface area (Å²) in [5.74, 6) is 0.128. The predicted molar refractivity (Wildman–Crippen MR) is 63.5 cm³/mol. The molecule has 1 rings (SSSR count). The number of hydrogen-bond acceptors (Lipinski definition) is 2. The third-order valence-electron chi connectivity index (χ3n) is 1.98. The van der Waals surface area contributed by atoms with Crippen LogP contribution in [-0.4, -0.2) is 18.9 Å². The maximum absolute atomic E-state index is 11.6. The van der Waals surface area contributed by atoms with Gasteiger partial charge in [-0.15, -0.1) is 6.58 Å². The molecule has 80 valence electrons. The van der Waals surface area contributed by atoms with E-state index in [1.165, 1.54) is 0 Å². The highest BCUT2D eigenvalue weighted by atomic mass is 35.5. The number of carbonyl (C=O) groups is 1. The fraction of sp³-hybridized carbons (Fsp3) is 0.250. The molecule has 0 amide bonds. The highest BCUT2D eigenvalue weighted by molar-refractivity contribution is 6.30. The number of benzene rings is 1. The number of hydrogen-bond donors (Lipinski definition) is 1. The number of Topliss-reactive ketones (excluding diaryl/α,β-unsaturated/α-hetero) is 1. The first-order chi connectivity index (χ1) is 7.24. The Morgan fingerprint density at radius 3 is 2.67 bits per heavy atom. The molecule has 0 saturated carbocycles. The van der Waals surface area contributed by atoms with E-state index in [9.17, 15) is 4.79 Å². The molecule has 0 unspecified atom stereocenters. The van der Waals surface area contributed by atoms with Crippen LogP contribution in [0.5, 0.6) is 0 Å². The largest absolute Gasteiger partial charge is 0.313 e. The Kier molecular flexibility index (Phi) is 5.08. The highest BCUT2D eigenvalue weighted by Crippen LogP contribution is 2.10. The molecule has 0 radical (unpaired) electrons. The zero-order valence-corrected chi connectivity index (χ0v) is 9.26. The predicted octanol–water partition coefficient (Wildman–Crippen LogP) is 2.69. The lowest BCUT2D eigenvalue weighted by Gasteiger charge is -2.01. The van der Waals surface area contributed by atoms with Crippen molar-refractivity contribution in [1.29, 1.82) is 0 Å². The second-order valence-corrected chi connectivity index (χ2v) is 3.61. The lowest BCUT2D eigenvalue weighted by molar-refractivity contribution is 0.0983. The summed E-state index contributed by atoms with van der Waals surface area (Å²) in [7, 11) is 0. The van der Waals surface area contributed by atoms with Crippen molar-refractivity contribution in [3.8, 4) is 0 Å². The van der Waals surface area contributed by atoms with Crippen LogP contribution in [-0.2, 0) is 0 Å². The quantitative estimate of drug-likeness (QED) is 0.457. The summed E-state index contributed by atoms with van der Waals surface area (Å²) >= 11 is 5.73. The molecule has 2 nitrogen and oxygen atoms in total. The van der Waals surface area contributed by atoms with Gasteiger partial charge in [-0.2, -0.15) is 0 Å². The third-order valence-corrected chi connectivity index (χ3v) is 2.24. The molecule has 0 aliphatic carbocycles. The monoisotopic (exact) mass is 223 g/mol. The van der Waals surface area contributed by atoms with E-state index < -0.39 is 0 Å². The van der Waals surface area contributed by atoms with Gasteiger partial charge in [0.1, 0.15) is 0 Å². The van der Waals surface area contributed by atoms with Crippen LogP contribution in [0.3, 0.4) is 0 Å². The van der Waals surface area contributed by atoms with Crippen molar-refractivity contribution in [2.45, 2.75) is 6.42 Å².